The van der Waals surface area contributed by atoms with E-state index >= 15 is 0 Å². The van der Waals surface area contributed by atoms with Crippen LogP contribution in [0, 0.1) is 6.92 Å². The zero-order valence-corrected chi connectivity index (χ0v) is 11.3. The van der Waals surface area contributed by atoms with Gasteiger partial charge in [-0.3, -0.25) is 9.89 Å². The number of para-hydroxylation sites is 1. The second kappa shape index (κ2) is 5.05. The lowest BCUT2D eigenvalue weighted by atomic mass is 10.1. The van der Waals surface area contributed by atoms with Crippen molar-refractivity contribution in [3.05, 3.63) is 35.7 Å². The summed E-state index contributed by atoms with van der Waals surface area (Å²) in [6, 6.07) is 7.93. The van der Waals surface area contributed by atoms with Crippen LogP contribution in [0.15, 0.2) is 29.4 Å². The standard InChI is InChI=1S/C13H14N4OS/c1-8-14-13(17-16-8)19-11-7-6-9-4-2-3-5-10(9)15-12(11)18/h2-5,11H,6-7H2,1H3,(H,15,18)(H,14,16,17)/t11-/m0/s1. The molecule has 1 aromatic heterocycles. The highest BCUT2D eigenvalue weighted by atomic mass is 32.2. The number of carbonyl (C=O) groups is 1. The van der Waals surface area contributed by atoms with Crippen molar-refractivity contribution in [1.82, 2.24) is 15.2 Å². The van der Waals surface area contributed by atoms with Gasteiger partial charge in [-0.05, 0) is 31.4 Å². The van der Waals surface area contributed by atoms with Crippen LogP contribution in [0.3, 0.4) is 0 Å². The maximum absolute atomic E-state index is 12.2. The van der Waals surface area contributed by atoms with E-state index in [2.05, 4.69) is 26.6 Å². The van der Waals surface area contributed by atoms with E-state index in [0.717, 1.165) is 24.4 Å². The van der Waals surface area contributed by atoms with Crippen LogP contribution < -0.4 is 5.32 Å². The minimum Gasteiger partial charge on any atom is -0.325 e. The number of H-pyrrole nitrogens is 1. The zero-order valence-electron chi connectivity index (χ0n) is 10.5. The number of nitrogens with zero attached hydrogens (tertiary/aromatic N) is 2. The lowest BCUT2D eigenvalue weighted by Gasteiger charge is -2.09. The van der Waals surface area contributed by atoms with Crippen LogP contribution in [0.4, 0.5) is 5.69 Å². The molecule has 1 aliphatic heterocycles. The first-order chi connectivity index (χ1) is 9.22. The van der Waals surface area contributed by atoms with Gasteiger partial charge in [0.05, 0.1) is 5.25 Å². The molecule has 5 nitrogen and oxygen atoms in total. The summed E-state index contributed by atoms with van der Waals surface area (Å²) < 4.78 is 0. The molecule has 6 heteroatoms. The van der Waals surface area contributed by atoms with Gasteiger partial charge in [-0.2, -0.15) is 0 Å². The number of carbonyl (C=O) groups excluding carboxylic acids is 1. The number of hydrogen-bond acceptors (Lipinski definition) is 4. The normalized spacial score (nSPS) is 18.6. The van der Waals surface area contributed by atoms with Gasteiger partial charge in [0.1, 0.15) is 5.82 Å². The first-order valence-electron chi connectivity index (χ1n) is 6.17. The highest BCUT2D eigenvalue weighted by Gasteiger charge is 2.25. The monoisotopic (exact) mass is 274 g/mol. The highest BCUT2D eigenvalue weighted by Crippen LogP contribution is 2.29. The maximum atomic E-state index is 12.2. The third kappa shape index (κ3) is 2.63. The molecule has 98 valence electrons. The molecule has 0 aliphatic carbocycles. The number of fused-ring (bicyclic) bond motifs is 1. The largest absolute Gasteiger partial charge is 0.325 e. The predicted molar refractivity (Wildman–Crippen MR) is 74.2 cm³/mol. The number of hydrogen-bond donors (Lipinski definition) is 2. The van der Waals surface area contributed by atoms with Gasteiger partial charge < -0.3 is 5.32 Å². The number of anilines is 1. The summed E-state index contributed by atoms with van der Waals surface area (Å²) in [7, 11) is 0. The van der Waals surface area contributed by atoms with Crippen LogP contribution in [0.5, 0.6) is 0 Å². The Labute approximate surface area is 115 Å². The Hall–Kier alpha value is -1.82. The van der Waals surface area contributed by atoms with Gasteiger partial charge in [0.25, 0.3) is 0 Å². The molecule has 1 amide bonds. The number of amides is 1. The Morgan fingerprint density at radius 1 is 1.37 bits per heavy atom. The van der Waals surface area contributed by atoms with Gasteiger partial charge in [-0.25, -0.2) is 4.98 Å². The van der Waals surface area contributed by atoms with Crippen molar-refractivity contribution in [2.75, 3.05) is 5.32 Å². The third-order valence-electron chi connectivity index (χ3n) is 3.07. The van der Waals surface area contributed by atoms with E-state index in [1.165, 1.54) is 17.3 Å². The van der Waals surface area contributed by atoms with E-state index in [4.69, 9.17) is 0 Å². The van der Waals surface area contributed by atoms with Gasteiger partial charge in [0.2, 0.25) is 11.1 Å². The van der Waals surface area contributed by atoms with Gasteiger partial charge in [-0.15, -0.1) is 5.10 Å². The summed E-state index contributed by atoms with van der Waals surface area (Å²) in [6.45, 7) is 1.85. The van der Waals surface area contributed by atoms with Crippen molar-refractivity contribution in [3.8, 4) is 0 Å². The van der Waals surface area contributed by atoms with Gasteiger partial charge in [-0.1, -0.05) is 30.0 Å². The Bertz CT molecular complexity index is 610. The first-order valence-corrected chi connectivity index (χ1v) is 7.05. The molecule has 2 N–H and O–H groups in total. The van der Waals surface area contributed by atoms with Crippen molar-refractivity contribution >= 4 is 23.4 Å². The SMILES string of the molecule is Cc1nc(S[C@H]2CCc3ccccc3NC2=O)n[nH]1. The molecule has 2 aromatic rings. The second-order valence-corrected chi connectivity index (χ2v) is 5.66. The van der Waals surface area contributed by atoms with Gasteiger partial charge >= 0.3 is 0 Å². The Morgan fingerprint density at radius 2 is 2.21 bits per heavy atom. The molecule has 0 radical (unpaired) electrons. The summed E-state index contributed by atoms with van der Waals surface area (Å²) in [5.41, 5.74) is 2.10. The number of aromatic nitrogens is 3. The Morgan fingerprint density at radius 3 is 3.00 bits per heavy atom. The average Bonchev–Trinajstić information content (AvgIpc) is 2.74. The predicted octanol–water partition coefficient (Wildman–Crippen LogP) is 2.16. The summed E-state index contributed by atoms with van der Waals surface area (Å²) in [5, 5.41) is 10.3. The van der Waals surface area contributed by atoms with Crippen LogP contribution in [-0.4, -0.2) is 26.3 Å². The zero-order chi connectivity index (χ0) is 13.2. The second-order valence-electron chi connectivity index (χ2n) is 4.49. The molecule has 0 saturated carbocycles. The molecule has 0 bridgehead atoms. The Kier molecular flexibility index (Phi) is 3.25. The number of rotatable bonds is 2. The number of aromatic amines is 1. The van der Waals surface area contributed by atoms with E-state index in [0.29, 0.717) is 5.16 Å². The van der Waals surface area contributed by atoms with Gasteiger partial charge in [0, 0.05) is 5.69 Å². The fourth-order valence-corrected chi connectivity index (χ4v) is 3.05. The van der Waals surface area contributed by atoms with E-state index in [9.17, 15) is 4.79 Å². The number of aryl methyl sites for hydroxylation is 2. The smallest absolute Gasteiger partial charge is 0.237 e. The average molecular weight is 274 g/mol. The van der Waals surface area contributed by atoms with Crippen molar-refractivity contribution in [1.29, 1.82) is 0 Å². The molecule has 1 aromatic carbocycles. The lowest BCUT2D eigenvalue weighted by Crippen LogP contribution is -2.23. The minimum atomic E-state index is -0.150. The van der Waals surface area contributed by atoms with Crippen LogP contribution in [0.25, 0.3) is 0 Å². The summed E-state index contributed by atoms with van der Waals surface area (Å²) in [6.07, 6.45) is 1.68. The fourth-order valence-electron chi connectivity index (χ4n) is 2.11. The van der Waals surface area contributed by atoms with E-state index in [1.54, 1.807) is 0 Å². The number of benzene rings is 1. The molecule has 0 saturated heterocycles. The maximum Gasteiger partial charge on any atom is 0.237 e. The summed E-state index contributed by atoms with van der Waals surface area (Å²) in [4.78, 5) is 16.4. The molecule has 0 unspecified atom stereocenters. The molecular formula is C13H14N4OS. The van der Waals surface area contributed by atoms with E-state index in [-0.39, 0.29) is 11.2 Å². The van der Waals surface area contributed by atoms with Crippen molar-refractivity contribution in [3.63, 3.8) is 0 Å². The quantitative estimate of drug-likeness (QED) is 0.880. The first kappa shape index (κ1) is 12.2. The van der Waals surface area contributed by atoms with Crippen LogP contribution in [0.1, 0.15) is 17.8 Å². The molecular weight excluding hydrogens is 260 g/mol. The molecule has 19 heavy (non-hydrogen) atoms. The van der Waals surface area contributed by atoms with Crippen molar-refractivity contribution in [2.45, 2.75) is 30.2 Å². The lowest BCUT2D eigenvalue weighted by molar-refractivity contribution is -0.115. The topological polar surface area (TPSA) is 70.7 Å². The number of thioether (sulfide) groups is 1. The molecule has 1 atom stereocenters. The number of nitrogens with one attached hydrogen (secondary N) is 2. The highest BCUT2D eigenvalue weighted by molar-refractivity contribution is 8.00. The van der Waals surface area contributed by atoms with Crippen molar-refractivity contribution < 1.29 is 4.79 Å². The van der Waals surface area contributed by atoms with Crippen LogP contribution in [-0.2, 0) is 11.2 Å². The molecule has 0 fully saturated rings. The molecule has 1 aliphatic rings. The Balaban J connectivity index is 1.77. The van der Waals surface area contributed by atoms with E-state index < -0.39 is 0 Å². The van der Waals surface area contributed by atoms with Crippen LogP contribution >= 0.6 is 11.8 Å². The third-order valence-corrected chi connectivity index (χ3v) is 4.20. The molecule has 0 spiro atoms. The van der Waals surface area contributed by atoms with Crippen molar-refractivity contribution in [2.24, 2.45) is 0 Å². The van der Waals surface area contributed by atoms with Gasteiger partial charge in [0.15, 0.2) is 0 Å². The molecule has 3 rings (SSSR count). The minimum absolute atomic E-state index is 0.0254. The fraction of sp³-hybridized carbons (Fsp3) is 0.308. The summed E-state index contributed by atoms with van der Waals surface area (Å²) in [5.74, 6) is 0.789. The molecule has 2 heterocycles. The van der Waals surface area contributed by atoms with E-state index in [1.807, 2.05) is 25.1 Å². The summed E-state index contributed by atoms with van der Waals surface area (Å²) >= 11 is 1.41. The van der Waals surface area contributed by atoms with Crippen LogP contribution in [0.2, 0.25) is 0 Å².